The molecule has 58 heavy (non-hydrogen) atoms. The molecule has 0 radical (unpaired) electrons. The molecule has 8 rings (SSSR count). The minimum Gasteiger partial charge on any atom is -0.343 e. The molecule has 2 aromatic heterocycles. The number of aryl methyl sites for hydroxylation is 1. The molecular formula is C43H43BrF2N8O2S2. The monoisotopic (exact) mass is 884 g/mol. The van der Waals surface area contributed by atoms with Crippen LogP contribution in [0.25, 0.3) is 0 Å². The fourth-order valence-corrected chi connectivity index (χ4v) is 8.90. The molecule has 2 amide bonds. The zero-order valence-corrected chi connectivity index (χ0v) is 35.6. The lowest BCUT2D eigenvalue weighted by Crippen LogP contribution is -2.54. The summed E-state index contributed by atoms with van der Waals surface area (Å²) >= 11 is 6.23. The van der Waals surface area contributed by atoms with Gasteiger partial charge in [0.1, 0.15) is 23.3 Å². The van der Waals surface area contributed by atoms with Gasteiger partial charge in [-0.05, 0) is 84.2 Å². The minimum absolute atomic E-state index is 0.0406. The molecule has 0 saturated carbocycles. The SMILES string of the molecule is CC1CN(c2nc(Cc3ccc(F)cc3)ns2)CCN1C(=O)c1ccccc1Br.Cc1ccc(Cc2nsc(N3CCN(C(=O)c4ccccc4F)C(C)C3)n2)cc1. The van der Waals surface area contributed by atoms with Gasteiger partial charge in [0.25, 0.3) is 11.8 Å². The van der Waals surface area contributed by atoms with Gasteiger partial charge in [0, 0.05) is 91.7 Å². The topological polar surface area (TPSA) is 98.7 Å². The summed E-state index contributed by atoms with van der Waals surface area (Å²) in [4.78, 5) is 43.0. The number of hydrogen-bond donors (Lipinski definition) is 0. The first-order chi connectivity index (χ1) is 28.0. The highest BCUT2D eigenvalue weighted by Gasteiger charge is 2.32. The van der Waals surface area contributed by atoms with E-state index in [1.165, 1.54) is 52.4 Å². The van der Waals surface area contributed by atoms with Crippen molar-refractivity contribution in [3.05, 3.63) is 153 Å². The summed E-state index contributed by atoms with van der Waals surface area (Å²) in [5, 5.41) is 1.74. The zero-order valence-electron chi connectivity index (χ0n) is 32.4. The third-order valence-electron chi connectivity index (χ3n) is 10.2. The number of aromatic nitrogens is 4. The molecule has 4 heterocycles. The molecule has 2 saturated heterocycles. The van der Waals surface area contributed by atoms with Crippen molar-refractivity contribution in [3.63, 3.8) is 0 Å². The van der Waals surface area contributed by atoms with Crippen LogP contribution < -0.4 is 9.80 Å². The summed E-state index contributed by atoms with van der Waals surface area (Å²) < 4.78 is 36.8. The standard InChI is InChI=1S/C22H23FN4OS.C21H20BrFN4OS/c1-15-7-9-17(10-8-15)13-20-24-22(29-25-20)26-11-12-27(16(2)14-26)21(28)18-5-3-4-6-19(18)23;1-14-13-26(10-11-27(14)20(28)17-4-2-3-5-18(17)22)21-24-19(25-29-21)12-15-6-8-16(23)9-7-15/h3-10,16H,11-14H2,1-2H3;2-9,14H,10-13H2,1H3. The van der Waals surface area contributed by atoms with E-state index in [0.29, 0.717) is 57.7 Å². The van der Waals surface area contributed by atoms with Crippen molar-refractivity contribution in [1.82, 2.24) is 28.5 Å². The summed E-state index contributed by atoms with van der Waals surface area (Å²) in [5.74, 6) is 0.607. The average Bonchev–Trinajstić information content (AvgIpc) is 3.90. The molecule has 2 fully saturated rings. The van der Waals surface area contributed by atoms with E-state index < -0.39 is 5.82 Å². The van der Waals surface area contributed by atoms with E-state index in [9.17, 15) is 18.4 Å². The van der Waals surface area contributed by atoms with Crippen molar-refractivity contribution in [2.24, 2.45) is 0 Å². The second-order valence-corrected chi connectivity index (χ2v) is 16.8. The van der Waals surface area contributed by atoms with Crippen LogP contribution in [0.5, 0.6) is 0 Å². The van der Waals surface area contributed by atoms with Crippen LogP contribution in [0.2, 0.25) is 0 Å². The number of hydrogen-bond acceptors (Lipinski definition) is 10. The van der Waals surface area contributed by atoms with Gasteiger partial charge in [-0.1, -0.05) is 66.2 Å². The Labute approximate surface area is 353 Å². The largest absolute Gasteiger partial charge is 0.343 e. The Balaban J connectivity index is 0.000000177. The second kappa shape index (κ2) is 18.6. The molecule has 15 heteroatoms. The summed E-state index contributed by atoms with van der Waals surface area (Å²) in [6, 6.07) is 28.5. The normalized spacial score (nSPS) is 16.9. The van der Waals surface area contributed by atoms with Gasteiger partial charge in [-0.15, -0.1) is 0 Å². The van der Waals surface area contributed by atoms with Crippen molar-refractivity contribution >= 4 is 61.1 Å². The van der Waals surface area contributed by atoms with Crippen LogP contribution in [0, 0.1) is 18.6 Å². The minimum atomic E-state index is -0.475. The lowest BCUT2D eigenvalue weighted by atomic mass is 10.1. The average molecular weight is 886 g/mol. The Morgan fingerprint density at radius 3 is 1.62 bits per heavy atom. The van der Waals surface area contributed by atoms with Gasteiger partial charge in [0.05, 0.1) is 11.1 Å². The molecule has 0 bridgehead atoms. The summed E-state index contributed by atoms with van der Waals surface area (Å²) in [5.41, 5.74) is 4.22. The number of halogens is 3. The van der Waals surface area contributed by atoms with Gasteiger partial charge in [-0.2, -0.15) is 8.75 Å². The van der Waals surface area contributed by atoms with Gasteiger partial charge in [0.2, 0.25) is 10.3 Å². The number of carbonyl (C=O) groups is 2. The Hall–Kier alpha value is -5.12. The van der Waals surface area contributed by atoms with Gasteiger partial charge in [0.15, 0.2) is 0 Å². The van der Waals surface area contributed by atoms with Crippen LogP contribution in [0.15, 0.2) is 102 Å². The highest BCUT2D eigenvalue weighted by atomic mass is 79.9. The summed E-state index contributed by atoms with van der Waals surface area (Å²) in [6.45, 7) is 10.0. The predicted octanol–water partition coefficient (Wildman–Crippen LogP) is 8.31. The third-order valence-corrected chi connectivity index (χ3v) is 12.5. The Kier molecular flexibility index (Phi) is 13.2. The Morgan fingerprint density at radius 2 is 1.12 bits per heavy atom. The van der Waals surface area contributed by atoms with Crippen LogP contribution in [-0.2, 0) is 12.8 Å². The number of nitrogens with zero attached hydrogens (tertiary/aromatic N) is 8. The lowest BCUT2D eigenvalue weighted by molar-refractivity contribution is 0.0663. The first-order valence-electron chi connectivity index (χ1n) is 19.1. The highest BCUT2D eigenvalue weighted by Crippen LogP contribution is 2.26. The number of rotatable bonds is 8. The van der Waals surface area contributed by atoms with E-state index >= 15 is 0 Å². The number of anilines is 2. The quantitative estimate of drug-likeness (QED) is 0.151. The van der Waals surface area contributed by atoms with Crippen LogP contribution in [0.4, 0.5) is 19.0 Å². The van der Waals surface area contributed by atoms with E-state index in [1.54, 1.807) is 35.2 Å². The molecule has 4 aromatic carbocycles. The van der Waals surface area contributed by atoms with Crippen LogP contribution >= 0.6 is 39.0 Å². The summed E-state index contributed by atoms with van der Waals surface area (Å²) in [6.07, 6.45) is 1.28. The first kappa shape index (κ1) is 41.1. The molecule has 0 aliphatic carbocycles. The first-order valence-corrected chi connectivity index (χ1v) is 21.4. The predicted molar refractivity (Wildman–Crippen MR) is 229 cm³/mol. The van der Waals surface area contributed by atoms with E-state index in [1.807, 2.05) is 36.1 Å². The second-order valence-electron chi connectivity index (χ2n) is 14.5. The van der Waals surface area contributed by atoms with Crippen molar-refractivity contribution in [1.29, 1.82) is 0 Å². The molecule has 6 aromatic rings. The highest BCUT2D eigenvalue weighted by molar-refractivity contribution is 9.10. The Morgan fingerprint density at radius 1 is 0.655 bits per heavy atom. The van der Waals surface area contributed by atoms with E-state index in [4.69, 9.17) is 4.98 Å². The van der Waals surface area contributed by atoms with Crippen molar-refractivity contribution < 1.29 is 18.4 Å². The maximum atomic E-state index is 14.0. The van der Waals surface area contributed by atoms with Crippen molar-refractivity contribution in [3.8, 4) is 0 Å². The number of amides is 2. The van der Waals surface area contributed by atoms with Gasteiger partial charge in [-0.25, -0.2) is 18.7 Å². The maximum absolute atomic E-state index is 14.0. The van der Waals surface area contributed by atoms with Crippen LogP contribution in [0.3, 0.4) is 0 Å². The lowest BCUT2D eigenvalue weighted by Gasteiger charge is -2.39. The van der Waals surface area contributed by atoms with E-state index in [-0.39, 0.29) is 35.3 Å². The van der Waals surface area contributed by atoms with E-state index in [2.05, 4.69) is 77.6 Å². The molecule has 2 unspecified atom stereocenters. The molecule has 10 nitrogen and oxygen atoms in total. The van der Waals surface area contributed by atoms with Crippen molar-refractivity contribution in [2.75, 3.05) is 49.1 Å². The fraction of sp³-hybridized carbons (Fsp3) is 0.302. The van der Waals surface area contributed by atoms with Gasteiger partial charge in [-0.3, -0.25) is 9.59 Å². The third kappa shape index (κ3) is 9.93. The summed E-state index contributed by atoms with van der Waals surface area (Å²) in [7, 11) is 0. The number of piperazine rings is 2. The molecule has 2 aliphatic heterocycles. The maximum Gasteiger partial charge on any atom is 0.257 e. The van der Waals surface area contributed by atoms with Crippen LogP contribution in [0.1, 0.15) is 62.9 Å². The molecule has 2 aliphatic rings. The van der Waals surface area contributed by atoms with Gasteiger partial charge < -0.3 is 19.6 Å². The Bertz CT molecular complexity index is 2180. The molecule has 0 spiro atoms. The molecule has 0 N–H and O–H groups in total. The number of benzene rings is 4. The smallest absolute Gasteiger partial charge is 0.257 e. The number of carbonyl (C=O) groups excluding carboxylic acids is 2. The molecule has 300 valence electrons. The molecule has 2 atom stereocenters. The van der Waals surface area contributed by atoms with Crippen molar-refractivity contribution in [2.45, 2.75) is 45.7 Å². The zero-order chi connectivity index (χ0) is 40.8. The fourth-order valence-electron chi connectivity index (χ4n) is 7.01. The van der Waals surface area contributed by atoms with Gasteiger partial charge >= 0.3 is 0 Å². The molecular weight excluding hydrogens is 843 g/mol. The van der Waals surface area contributed by atoms with E-state index in [0.717, 1.165) is 31.9 Å². The van der Waals surface area contributed by atoms with Crippen LogP contribution in [-0.4, -0.2) is 91.7 Å².